The van der Waals surface area contributed by atoms with Crippen LogP contribution in [0.3, 0.4) is 0 Å². The van der Waals surface area contributed by atoms with Crippen LogP contribution in [0.4, 0.5) is 4.39 Å². The zero-order chi connectivity index (χ0) is 8.48. The highest BCUT2D eigenvalue weighted by Crippen LogP contribution is 2.17. The topological polar surface area (TPSA) is 33.1 Å². The summed E-state index contributed by atoms with van der Waals surface area (Å²) in [6.07, 6.45) is 1.33. The maximum Gasteiger partial charge on any atom is 0.212 e. The fourth-order valence-electron chi connectivity index (χ4n) is 0.738. The number of rotatable bonds is 1. The molecule has 0 aliphatic carbocycles. The van der Waals surface area contributed by atoms with E-state index in [2.05, 4.69) is 4.98 Å². The molecule has 0 saturated heterocycles. The molecule has 0 radical (unpaired) electrons. The quantitative estimate of drug-likeness (QED) is 0.622. The fourth-order valence-corrected chi connectivity index (χ4v) is 0.738. The molecule has 0 unspecified atom stereocenters. The van der Waals surface area contributed by atoms with Crippen molar-refractivity contribution < 1.29 is 9.50 Å². The maximum atomic E-state index is 12.3. The Hall–Kier alpha value is -0.960. The smallest absolute Gasteiger partial charge is 0.212 e. The highest BCUT2D eigenvalue weighted by Gasteiger charge is 2.15. The molecule has 0 amide bonds. The summed E-state index contributed by atoms with van der Waals surface area (Å²) < 4.78 is 12.3. The number of hydrogen-bond donors (Lipinski definition) is 1. The SMILES string of the molecule is CC(C)(O)c1ccc(F)nc1. The zero-order valence-corrected chi connectivity index (χ0v) is 6.50. The van der Waals surface area contributed by atoms with Gasteiger partial charge in [0, 0.05) is 11.8 Å². The van der Waals surface area contributed by atoms with Crippen molar-refractivity contribution in [2.24, 2.45) is 0 Å². The van der Waals surface area contributed by atoms with Crippen LogP contribution in [-0.2, 0) is 5.60 Å². The third kappa shape index (κ3) is 1.98. The van der Waals surface area contributed by atoms with E-state index in [0.717, 1.165) is 0 Å². The van der Waals surface area contributed by atoms with Gasteiger partial charge < -0.3 is 5.11 Å². The molecule has 1 N–H and O–H groups in total. The van der Waals surface area contributed by atoms with Crippen LogP contribution in [0, 0.1) is 5.95 Å². The lowest BCUT2D eigenvalue weighted by Crippen LogP contribution is -2.15. The van der Waals surface area contributed by atoms with Crippen LogP contribution in [0.1, 0.15) is 19.4 Å². The van der Waals surface area contributed by atoms with E-state index in [1.807, 2.05) is 0 Å². The predicted octanol–water partition coefficient (Wildman–Crippen LogP) is 1.45. The van der Waals surface area contributed by atoms with Crippen LogP contribution in [0.5, 0.6) is 0 Å². The Morgan fingerprint density at radius 2 is 2.09 bits per heavy atom. The average molecular weight is 155 g/mol. The van der Waals surface area contributed by atoms with Gasteiger partial charge >= 0.3 is 0 Å². The van der Waals surface area contributed by atoms with Gasteiger partial charge in [-0.15, -0.1) is 0 Å². The van der Waals surface area contributed by atoms with E-state index in [4.69, 9.17) is 0 Å². The van der Waals surface area contributed by atoms with E-state index in [1.165, 1.54) is 18.3 Å². The van der Waals surface area contributed by atoms with Crippen LogP contribution < -0.4 is 0 Å². The Kier molecular flexibility index (Phi) is 1.91. The molecular weight excluding hydrogens is 145 g/mol. The highest BCUT2D eigenvalue weighted by atomic mass is 19.1. The molecule has 1 aromatic rings. The zero-order valence-electron chi connectivity index (χ0n) is 6.50. The first-order chi connectivity index (χ1) is 5.00. The van der Waals surface area contributed by atoms with Crippen molar-refractivity contribution >= 4 is 0 Å². The van der Waals surface area contributed by atoms with E-state index in [0.29, 0.717) is 5.56 Å². The molecular formula is C8H10FNO. The van der Waals surface area contributed by atoms with Crippen LogP contribution in [-0.4, -0.2) is 10.1 Å². The van der Waals surface area contributed by atoms with E-state index in [9.17, 15) is 9.50 Å². The van der Waals surface area contributed by atoms with Gasteiger partial charge in [0.2, 0.25) is 5.95 Å². The fraction of sp³-hybridized carbons (Fsp3) is 0.375. The number of aliphatic hydroxyl groups is 1. The third-order valence-electron chi connectivity index (χ3n) is 1.43. The van der Waals surface area contributed by atoms with Gasteiger partial charge in [-0.1, -0.05) is 6.07 Å². The Morgan fingerprint density at radius 3 is 2.45 bits per heavy atom. The summed E-state index contributed by atoms with van der Waals surface area (Å²) in [7, 11) is 0. The van der Waals surface area contributed by atoms with Gasteiger partial charge in [-0.3, -0.25) is 0 Å². The number of hydrogen-bond acceptors (Lipinski definition) is 2. The van der Waals surface area contributed by atoms with Crippen molar-refractivity contribution in [3.8, 4) is 0 Å². The summed E-state index contributed by atoms with van der Waals surface area (Å²) in [5.41, 5.74) is -0.334. The van der Waals surface area contributed by atoms with Crippen LogP contribution in [0.2, 0.25) is 0 Å². The molecule has 60 valence electrons. The van der Waals surface area contributed by atoms with Gasteiger partial charge in [0.15, 0.2) is 0 Å². The molecule has 0 spiro atoms. The molecule has 0 fully saturated rings. The summed E-state index contributed by atoms with van der Waals surface area (Å²) in [4.78, 5) is 3.42. The van der Waals surface area contributed by atoms with E-state index in [1.54, 1.807) is 13.8 Å². The Balaban J connectivity index is 2.99. The maximum absolute atomic E-state index is 12.3. The first kappa shape index (κ1) is 8.14. The second-order valence-corrected chi connectivity index (χ2v) is 2.93. The highest BCUT2D eigenvalue weighted by molar-refractivity contribution is 5.15. The Labute approximate surface area is 64.7 Å². The summed E-state index contributed by atoms with van der Waals surface area (Å²) >= 11 is 0. The second-order valence-electron chi connectivity index (χ2n) is 2.93. The average Bonchev–Trinajstić information content (AvgIpc) is 1.86. The summed E-state index contributed by atoms with van der Waals surface area (Å²) in [5.74, 6) is -0.530. The van der Waals surface area contributed by atoms with E-state index in [-0.39, 0.29) is 0 Å². The van der Waals surface area contributed by atoms with Gasteiger partial charge in [-0.25, -0.2) is 4.98 Å². The Bertz CT molecular complexity index is 237. The summed E-state index contributed by atoms with van der Waals surface area (Å²) in [6.45, 7) is 3.25. The van der Waals surface area contributed by atoms with E-state index < -0.39 is 11.5 Å². The first-order valence-corrected chi connectivity index (χ1v) is 3.34. The predicted molar refractivity (Wildman–Crippen MR) is 39.4 cm³/mol. The van der Waals surface area contributed by atoms with Gasteiger partial charge in [-0.2, -0.15) is 4.39 Å². The number of pyridine rings is 1. The minimum Gasteiger partial charge on any atom is -0.386 e. The molecule has 2 nitrogen and oxygen atoms in total. The number of halogens is 1. The van der Waals surface area contributed by atoms with Crippen LogP contribution >= 0.6 is 0 Å². The lowest BCUT2D eigenvalue weighted by molar-refractivity contribution is 0.0781. The van der Waals surface area contributed by atoms with Gasteiger partial charge in [0.25, 0.3) is 0 Å². The molecule has 0 aromatic carbocycles. The van der Waals surface area contributed by atoms with Gasteiger partial charge in [-0.05, 0) is 19.9 Å². The first-order valence-electron chi connectivity index (χ1n) is 3.34. The molecule has 3 heteroatoms. The normalized spacial score (nSPS) is 11.6. The minimum absolute atomic E-state index is 0.530. The van der Waals surface area contributed by atoms with Crippen molar-refractivity contribution in [1.82, 2.24) is 4.98 Å². The molecule has 0 bridgehead atoms. The molecule has 0 atom stereocenters. The summed E-state index contributed by atoms with van der Waals surface area (Å²) in [5, 5.41) is 9.42. The van der Waals surface area contributed by atoms with Gasteiger partial charge in [0.05, 0.1) is 5.60 Å². The molecule has 1 aromatic heterocycles. The van der Waals surface area contributed by atoms with E-state index >= 15 is 0 Å². The van der Waals surface area contributed by atoms with Crippen LogP contribution in [0.15, 0.2) is 18.3 Å². The van der Waals surface area contributed by atoms with Gasteiger partial charge in [0.1, 0.15) is 0 Å². The van der Waals surface area contributed by atoms with Crippen molar-refractivity contribution in [1.29, 1.82) is 0 Å². The molecule has 11 heavy (non-hydrogen) atoms. The van der Waals surface area contributed by atoms with Crippen molar-refractivity contribution in [2.45, 2.75) is 19.4 Å². The molecule has 1 rings (SSSR count). The monoisotopic (exact) mass is 155 g/mol. The standard InChI is InChI=1S/C8H10FNO/c1-8(2,11)6-3-4-7(9)10-5-6/h3-5,11H,1-2H3. The number of aromatic nitrogens is 1. The lowest BCUT2D eigenvalue weighted by atomic mass is 10.0. The largest absolute Gasteiger partial charge is 0.386 e. The van der Waals surface area contributed by atoms with Crippen molar-refractivity contribution in [3.05, 3.63) is 29.8 Å². The molecule has 0 aliphatic rings. The second kappa shape index (κ2) is 2.58. The molecule has 1 heterocycles. The van der Waals surface area contributed by atoms with Crippen molar-refractivity contribution in [2.75, 3.05) is 0 Å². The molecule has 0 aliphatic heterocycles. The minimum atomic E-state index is -0.944. The molecule has 0 saturated carbocycles. The Morgan fingerprint density at radius 1 is 1.45 bits per heavy atom. The lowest BCUT2D eigenvalue weighted by Gasteiger charge is -2.16. The van der Waals surface area contributed by atoms with Crippen LogP contribution in [0.25, 0.3) is 0 Å². The summed E-state index contributed by atoms with van der Waals surface area (Å²) in [6, 6.07) is 2.75. The third-order valence-corrected chi connectivity index (χ3v) is 1.43. The number of nitrogens with zero attached hydrogens (tertiary/aromatic N) is 1. The van der Waals surface area contributed by atoms with Crippen molar-refractivity contribution in [3.63, 3.8) is 0 Å².